The van der Waals surface area contributed by atoms with Crippen LogP contribution in [0.3, 0.4) is 0 Å². The van der Waals surface area contributed by atoms with E-state index < -0.39 is 35.7 Å². The van der Waals surface area contributed by atoms with Gasteiger partial charge in [-0.3, -0.25) is 4.79 Å². The molecule has 1 amide bonds. The van der Waals surface area contributed by atoms with Crippen molar-refractivity contribution in [2.24, 2.45) is 0 Å². The number of carbonyl (C=O) groups is 2. The molecule has 0 aliphatic heterocycles. The van der Waals surface area contributed by atoms with Crippen molar-refractivity contribution in [2.45, 2.75) is 26.6 Å². The molecule has 7 nitrogen and oxygen atoms in total. The van der Waals surface area contributed by atoms with Gasteiger partial charge in [0.1, 0.15) is 0 Å². The van der Waals surface area contributed by atoms with Crippen LogP contribution in [0.25, 0.3) is 0 Å². The summed E-state index contributed by atoms with van der Waals surface area (Å²) >= 11 is 0. The largest absolute Gasteiger partial charge is 0.462 e. The second-order valence-electron chi connectivity index (χ2n) is 4.87. The summed E-state index contributed by atoms with van der Waals surface area (Å²) in [5, 5.41) is 5.62. The molecule has 2 rings (SSSR count). The molecule has 10 heteroatoms. The summed E-state index contributed by atoms with van der Waals surface area (Å²) in [4.78, 5) is 27.5. The van der Waals surface area contributed by atoms with Crippen molar-refractivity contribution in [3.63, 3.8) is 0 Å². The van der Waals surface area contributed by atoms with Gasteiger partial charge in [0.15, 0.2) is 0 Å². The van der Waals surface area contributed by atoms with Gasteiger partial charge in [0.2, 0.25) is 5.89 Å². The van der Waals surface area contributed by atoms with E-state index in [9.17, 15) is 22.8 Å². The van der Waals surface area contributed by atoms with Crippen LogP contribution in [0.1, 0.15) is 44.9 Å². The molecule has 0 radical (unpaired) electrons. The molecule has 0 aliphatic rings. The van der Waals surface area contributed by atoms with Crippen molar-refractivity contribution in [1.82, 2.24) is 15.5 Å². The van der Waals surface area contributed by atoms with Crippen LogP contribution in [0.4, 0.5) is 13.2 Å². The smallest absolute Gasteiger partial charge is 0.416 e. The third-order valence-corrected chi connectivity index (χ3v) is 3.13. The van der Waals surface area contributed by atoms with Crippen molar-refractivity contribution < 1.29 is 32.0 Å². The molecule has 2 aromatic rings. The third kappa shape index (κ3) is 4.34. The first-order valence-electron chi connectivity index (χ1n) is 7.18. The number of alkyl halides is 3. The number of hydrogen-bond donors (Lipinski definition) is 1. The average molecular weight is 357 g/mol. The topological polar surface area (TPSA) is 94.3 Å². The number of carbonyl (C=O) groups excluding carboxylic acids is 2. The minimum Gasteiger partial charge on any atom is -0.462 e. The van der Waals surface area contributed by atoms with Gasteiger partial charge in [-0.1, -0.05) is 11.2 Å². The number of rotatable bonds is 5. The van der Waals surface area contributed by atoms with Crippen molar-refractivity contribution in [3.05, 3.63) is 46.6 Å². The van der Waals surface area contributed by atoms with Crippen molar-refractivity contribution >= 4 is 11.9 Å². The van der Waals surface area contributed by atoms with Crippen LogP contribution in [0.2, 0.25) is 0 Å². The third-order valence-electron chi connectivity index (χ3n) is 3.13. The number of aromatic nitrogens is 2. The average Bonchev–Trinajstić information content (AvgIpc) is 2.98. The Hall–Kier alpha value is -2.91. The first-order valence-corrected chi connectivity index (χ1v) is 7.18. The van der Waals surface area contributed by atoms with Crippen molar-refractivity contribution in [2.75, 3.05) is 6.61 Å². The summed E-state index contributed by atoms with van der Waals surface area (Å²) in [7, 11) is 0. The first-order chi connectivity index (χ1) is 11.7. The highest BCUT2D eigenvalue weighted by atomic mass is 19.4. The number of benzene rings is 1. The van der Waals surface area contributed by atoms with E-state index in [1.165, 1.54) is 19.9 Å². The minimum atomic E-state index is -4.70. The van der Waals surface area contributed by atoms with E-state index in [0.29, 0.717) is 0 Å². The lowest BCUT2D eigenvalue weighted by atomic mass is 10.00. The standard InChI is InChI=1S/C15H14F3N3O4/c1-3-24-14(23)9-5-4-6-11(15(16,17)18)10(9)7-19-13(22)12-20-8(2)25-21-12/h4-6H,3,7H2,1-2H3,(H,19,22). The molecule has 0 saturated heterocycles. The fourth-order valence-corrected chi connectivity index (χ4v) is 2.08. The molecule has 0 atom stereocenters. The Morgan fingerprint density at radius 2 is 2.04 bits per heavy atom. The van der Waals surface area contributed by atoms with E-state index in [-0.39, 0.29) is 23.9 Å². The van der Waals surface area contributed by atoms with Crippen LogP contribution in [0.5, 0.6) is 0 Å². The fraction of sp³-hybridized carbons (Fsp3) is 0.333. The Bertz CT molecular complexity index is 787. The van der Waals surface area contributed by atoms with E-state index in [1.807, 2.05) is 0 Å². The van der Waals surface area contributed by atoms with Crippen LogP contribution in [0.15, 0.2) is 22.7 Å². The van der Waals surface area contributed by atoms with Crippen LogP contribution in [-0.4, -0.2) is 28.6 Å². The zero-order chi connectivity index (χ0) is 18.6. The van der Waals surface area contributed by atoms with Gasteiger partial charge in [-0.25, -0.2) is 4.79 Å². The maximum absolute atomic E-state index is 13.2. The monoisotopic (exact) mass is 357 g/mol. The van der Waals surface area contributed by atoms with Crippen LogP contribution >= 0.6 is 0 Å². The van der Waals surface area contributed by atoms with Gasteiger partial charge in [-0.15, -0.1) is 0 Å². The summed E-state index contributed by atoms with van der Waals surface area (Å²) in [6.07, 6.45) is -4.70. The number of ether oxygens (including phenoxy) is 1. The van der Waals surface area contributed by atoms with Crippen molar-refractivity contribution in [1.29, 1.82) is 0 Å². The summed E-state index contributed by atoms with van der Waals surface area (Å²) in [5.74, 6) is -1.93. The number of amides is 1. The number of nitrogens with one attached hydrogen (secondary N) is 1. The maximum atomic E-state index is 13.2. The number of hydrogen-bond acceptors (Lipinski definition) is 6. The quantitative estimate of drug-likeness (QED) is 0.827. The molecule has 0 unspecified atom stereocenters. The maximum Gasteiger partial charge on any atom is 0.416 e. The Balaban J connectivity index is 2.33. The molecule has 0 bridgehead atoms. The molecule has 0 aliphatic carbocycles. The van der Waals surface area contributed by atoms with Crippen LogP contribution < -0.4 is 5.32 Å². The minimum absolute atomic E-state index is 0.00299. The zero-order valence-corrected chi connectivity index (χ0v) is 13.3. The zero-order valence-electron chi connectivity index (χ0n) is 13.3. The lowest BCUT2D eigenvalue weighted by molar-refractivity contribution is -0.138. The van der Waals surface area contributed by atoms with Gasteiger partial charge in [0.05, 0.1) is 17.7 Å². The molecule has 1 N–H and O–H groups in total. The molecule has 0 fully saturated rings. The van der Waals surface area contributed by atoms with Gasteiger partial charge >= 0.3 is 12.1 Å². The second-order valence-corrected chi connectivity index (χ2v) is 4.87. The van der Waals surface area contributed by atoms with Gasteiger partial charge in [-0.2, -0.15) is 18.2 Å². The summed E-state index contributed by atoms with van der Waals surface area (Å²) in [6, 6.07) is 3.12. The molecule has 0 saturated carbocycles. The molecule has 1 aromatic heterocycles. The number of aryl methyl sites for hydroxylation is 1. The summed E-state index contributed by atoms with van der Waals surface area (Å²) in [6.45, 7) is 2.44. The summed E-state index contributed by atoms with van der Waals surface area (Å²) < 4.78 is 49.1. The van der Waals surface area contributed by atoms with Gasteiger partial charge < -0.3 is 14.6 Å². The fourth-order valence-electron chi connectivity index (χ4n) is 2.08. The SMILES string of the molecule is CCOC(=O)c1cccc(C(F)(F)F)c1CNC(=O)c1noc(C)n1. The molecule has 1 aromatic carbocycles. The highest BCUT2D eigenvalue weighted by Crippen LogP contribution is 2.33. The van der Waals surface area contributed by atoms with E-state index in [4.69, 9.17) is 4.74 Å². The van der Waals surface area contributed by atoms with E-state index >= 15 is 0 Å². The van der Waals surface area contributed by atoms with Gasteiger partial charge in [0, 0.05) is 13.5 Å². The van der Waals surface area contributed by atoms with E-state index in [1.54, 1.807) is 0 Å². The highest BCUT2D eigenvalue weighted by molar-refractivity contribution is 5.93. The molecule has 134 valence electrons. The lowest BCUT2D eigenvalue weighted by Gasteiger charge is -2.16. The predicted molar refractivity (Wildman–Crippen MR) is 77.6 cm³/mol. The first kappa shape index (κ1) is 18.4. The van der Waals surface area contributed by atoms with Gasteiger partial charge in [-0.05, 0) is 24.6 Å². The molecular weight excluding hydrogens is 343 g/mol. The predicted octanol–water partition coefficient (Wildman–Crippen LogP) is 2.50. The normalized spacial score (nSPS) is 11.2. The van der Waals surface area contributed by atoms with E-state index in [0.717, 1.165) is 12.1 Å². The van der Waals surface area contributed by atoms with Crippen molar-refractivity contribution in [3.8, 4) is 0 Å². The summed E-state index contributed by atoms with van der Waals surface area (Å²) in [5.41, 5.74) is -1.72. The van der Waals surface area contributed by atoms with E-state index in [2.05, 4.69) is 20.0 Å². The Kier molecular flexibility index (Phi) is 5.40. The Morgan fingerprint density at radius 3 is 2.60 bits per heavy atom. The van der Waals surface area contributed by atoms with Crippen LogP contribution in [-0.2, 0) is 17.5 Å². The van der Waals surface area contributed by atoms with Crippen LogP contribution in [0, 0.1) is 6.92 Å². The number of esters is 1. The van der Waals surface area contributed by atoms with Gasteiger partial charge in [0.25, 0.3) is 11.7 Å². The second kappa shape index (κ2) is 7.32. The number of halogens is 3. The molecule has 25 heavy (non-hydrogen) atoms. The molecule has 1 heterocycles. The Labute approximate surface area is 140 Å². The molecule has 0 spiro atoms. The molecular formula is C15H14F3N3O4. The lowest BCUT2D eigenvalue weighted by Crippen LogP contribution is -2.27. The highest BCUT2D eigenvalue weighted by Gasteiger charge is 2.35. The number of nitrogens with zero attached hydrogens (tertiary/aromatic N) is 2. The Morgan fingerprint density at radius 1 is 1.32 bits per heavy atom.